The Balaban J connectivity index is 1.86. The van der Waals surface area contributed by atoms with Crippen LogP contribution in [-0.2, 0) is 0 Å². The van der Waals surface area contributed by atoms with Gasteiger partial charge in [-0.05, 0) is 49.9 Å². The summed E-state index contributed by atoms with van der Waals surface area (Å²) in [4.78, 5) is 26.9. The maximum absolute atomic E-state index is 12.5. The van der Waals surface area contributed by atoms with Crippen molar-refractivity contribution >= 4 is 22.6 Å². The van der Waals surface area contributed by atoms with Crippen molar-refractivity contribution in [3.63, 3.8) is 0 Å². The zero-order valence-corrected chi connectivity index (χ0v) is 11.8. The second-order valence-electron chi connectivity index (χ2n) is 5.83. The van der Waals surface area contributed by atoms with Crippen LogP contribution in [0.2, 0.25) is 0 Å². The molecule has 1 saturated carbocycles. The van der Waals surface area contributed by atoms with Gasteiger partial charge in [0.1, 0.15) is 0 Å². The van der Waals surface area contributed by atoms with Crippen molar-refractivity contribution in [2.45, 2.75) is 31.7 Å². The number of aromatic amines is 1. The number of rotatable bonds is 3. The van der Waals surface area contributed by atoms with E-state index in [9.17, 15) is 9.59 Å². The quantitative estimate of drug-likeness (QED) is 0.751. The smallest absolute Gasteiger partial charge is 0.248 e. The van der Waals surface area contributed by atoms with Gasteiger partial charge in [0.2, 0.25) is 5.91 Å². The number of ketones is 1. The lowest BCUT2D eigenvalue weighted by molar-refractivity contribution is 0.0880. The van der Waals surface area contributed by atoms with Gasteiger partial charge in [0.25, 0.3) is 0 Å². The zero-order valence-electron chi connectivity index (χ0n) is 11.8. The molecule has 110 valence electrons. The monoisotopic (exact) mass is 285 g/mol. The molecule has 21 heavy (non-hydrogen) atoms. The first-order valence-corrected chi connectivity index (χ1v) is 7.27. The zero-order chi connectivity index (χ0) is 15.0. The fourth-order valence-corrected chi connectivity index (χ4v) is 3.02. The van der Waals surface area contributed by atoms with Crippen LogP contribution in [0.1, 0.15) is 46.5 Å². The number of carbonyl (C=O) groups excluding carboxylic acids is 2. The molecule has 0 bridgehead atoms. The van der Waals surface area contributed by atoms with Gasteiger partial charge in [-0.3, -0.25) is 9.59 Å². The number of nitrogens with two attached hydrogens (primary N) is 2. The highest BCUT2D eigenvalue weighted by Crippen LogP contribution is 2.27. The molecule has 0 radical (unpaired) electrons. The van der Waals surface area contributed by atoms with Gasteiger partial charge in [-0.25, -0.2) is 0 Å². The molecular formula is C16H19N3O2. The van der Waals surface area contributed by atoms with Gasteiger partial charge >= 0.3 is 0 Å². The summed E-state index contributed by atoms with van der Waals surface area (Å²) in [6, 6.07) is 7.19. The van der Waals surface area contributed by atoms with E-state index in [1.165, 1.54) is 0 Å². The number of aromatic nitrogens is 1. The van der Waals surface area contributed by atoms with Crippen LogP contribution in [0, 0.1) is 5.92 Å². The molecule has 5 N–H and O–H groups in total. The SMILES string of the molecule is NC(=O)c1ccc2[nH]c(C(=O)C3CCC(N)CC3)cc2c1. The number of H-pyrrole nitrogens is 1. The van der Waals surface area contributed by atoms with Gasteiger partial charge in [0.05, 0.1) is 5.69 Å². The van der Waals surface area contributed by atoms with Crippen molar-refractivity contribution in [3.05, 3.63) is 35.5 Å². The third-order valence-corrected chi connectivity index (χ3v) is 4.31. The molecule has 1 aromatic heterocycles. The average molecular weight is 285 g/mol. The Bertz CT molecular complexity index is 697. The summed E-state index contributed by atoms with van der Waals surface area (Å²) in [5.41, 5.74) is 13.0. The molecule has 0 aliphatic heterocycles. The minimum absolute atomic E-state index is 0.0495. The lowest BCUT2D eigenvalue weighted by Gasteiger charge is -2.24. The highest BCUT2D eigenvalue weighted by molar-refractivity contribution is 6.02. The highest BCUT2D eigenvalue weighted by Gasteiger charge is 2.26. The van der Waals surface area contributed by atoms with Crippen molar-refractivity contribution in [1.82, 2.24) is 4.98 Å². The lowest BCUT2D eigenvalue weighted by atomic mass is 9.83. The number of Topliss-reactive ketones (excluding diaryl/α,β-unsaturated/α-hetero) is 1. The van der Waals surface area contributed by atoms with Gasteiger partial charge in [-0.2, -0.15) is 0 Å². The molecule has 0 unspecified atom stereocenters. The Labute approximate surface area is 122 Å². The van der Waals surface area contributed by atoms with E-state index in [0.717, 1.165) is 36.6 Å². The third kappa shape index (κ3) is 2.69. The Morgan fingerprint density at radius 2 is 1.81 bits per heavy atom. The number of hydrogen-bond donors (Lipinski definition) is 3. The van der Waals surface area contributed by atoms with Crippen molar-refractivity contribution in [3.8, 4) is 0 Å². The van der Waals surface area contributed by atoms with Crippen LogP contribution in [-0.4, -0.2) is 22.7 Å². The Hall–Kier alpha value is -2.14. The molecule has 5 nitrogen and oxygen atoms in total. The molecular weight excluding hydrogens is 266 g/mol. The Morgan fingerprint density at radius 3 is 2.48 bits per heavy atom. The summed E-state index contributed by atoms with van der Waals surface area (Å²) in [7, 11) is 0. The van der Waals surface area contributed by atoms with Gasteiger partial charge in [-0.15, -0.1) is 0 Å². The molecule has 2 aromatic rings. The first-order valence-electron chi connectivity index (χ1n) is 7.27. The molecule has 0 saturated heterocycles. The first kappa shape index (κ1) is 13.8. The lowest BCUT2D eigenvalue weighted by Crippen LogP contribution is -2.29. The number of carbonyl (C=O) groups is 2. The second kappa shape index (κ2) is 5.33. The fourth-order valence-electron chi connectivity index (χ4n) is 3.02. The number of fused-ring (bicyclic) bond motifs is 1. The molecule has 1 heterocycles. The van der Waals surface area contributed by atoms with E-state index in [1.807, 2.05) is 0 Å². The maximum Gasteiger partial charge on any atom is 0.248 e. The molecule has 0 spiro atoms. The van der Waals surface area contributed by atoms with Crippen molar-refractivity contribution in [2.75, 3.05) is 0 Å². The predicted molar refractivity (Wildman–Crippen MR) is 81.1 cm³/mol. The molecule has 0 atom stereocenters. The fraction of sp³-hybridized carbons (Fsp3) is 0.375. The minimum Gasteiger partial charge on any atom is -0.366 e. The first-order chi connectivity index (χ1) is 10.0. The summed E-state index contributed by atoms with van der Waals surface area (Å²) in [5.74, 6) is -0.278. The molecule has 1 fully saturated rings. The largest absolute Gasteiger partial charge is 0.366 e. The van der Waals surface area contributed by atoms with Crippen molar-refractivity contribution < 1.29 is 9.59 Å². The Kier molecular flexibility index (Phi) is 3.51. The van der Waals surface area contributed by atoms with Gasteiger partial charge in [0.15, 0.2) is 5.78 Å². The molecule has 5 heteroatoms. The number of primary amides is 1. The summed E-state index contributed by atoms with van der Waals surface area (Å²) >= 11 is 0. The van der Waals surface area contributed by atoms with Crippen molar-refractivity contribution in [1.29, 1.82) is 0 Å². The molecule has 1 aliphatic carbocycles. The minimum atomic E-state index is -0.466. The normalized spacial score (nSPS) is 22.3. The van der Waals surface area contributed by atoms with E-state index in [0.29, 0.717) is 11.3 Å². The maximum atomic E-state index is 12.5. The van der Waals surface area contributed by atoms with Crippen LogP contribution < -0.4 is 11.5 Å². The Morgan fingerprint density at radius 1 is 1.10 bits per heavy atom. The third-order valence-electron chi connectivity index (χ3n) is 4.31. The summed E-state index contributed by atoms with van der Waals surface area (Å²) in [6.45, 7) is 0. The van der Waals surface area contributed by atoms with E-state index in [-0.39, 0.29) is 17.7 Å². The van der Waals surface area contributed by atoms with Crippen LogP contribution in [0.15, 0.2) is 24.3 Å². The van der Waals surface area contributed by atoms with Crippen LogP contribution in [0.3, 0.4) is 0 Å². The highest BCUT2D eigenvalue weighted by atomic mass is 16.1. The predicted octanol–water partition coefficient (Wildman–Crippen LogP) is 1.97. The van der Waals surface area contributed by atoms with Crippen LogP contribution in [0.5, 0.6) is 0 Å². The van der Waals surface area contributed by atoms with Crippen LogP contribution in [0.4, 0.5) is 0 Å². The molecule has 3 rings (SSSR count). The van der Waals surface area contributed by atoms with E-state index in [1.54, 1.807) is 24.3 Å². The summed E-state index contributed by atoms with van der Waals surface area (Å²) in [5, 5.41) is 0.835. The molecule has 1 amide bonds. The molecule has 1 aliphatic rings. The average Bonchev–Trinajstić information content (AvgIpc) is 2.90. The van der Waals surface area contributed by atoms with E-state index >= 15 is 0 Å². The number of amides is 1. The van der Waals surface area contributed by atoms with Gasteiger partial charge in [-0.1, -0.05) is 0 Å². The standard InChI is InChI=1S/C16H19N3O2/c17-12-4-1-9(2-5-12)15(20)14-8-11-7-10(16(18)21)3-6-13(11)19-14/h3,6-9,12,19H,1-2,4-5,17H2,(H2,18,21). The van der Waals surface area contributed by atoms with Gasteiger partial charge < -0.3 is 16.5 Å². The molecule has 1 aromatic carbocycles. The number of nitrogens with one attached hydrogen (secondary N) is 1. The number of benzene rings is 1. The van der Waals surface area contributed by atoms with E-state index < -0.39 is 5.91 Å². The number of hydrogen-bond acceptors (Lipinski definition) is 3. The van der Waals surface area contributed by atoms with Crippen LogP contribution >= 0.6 is 0 Å². The second-order valence-corrected chi connectivity index (χ2v) is 5.83. The van der Waals surface area contributed by atoms with Gasteiger partial charge in [0, 0.05) is 28.4 Å². The van der Waals surface area contributed by atoms with E-state index in [4.69, 9.17) is 11.5 Å². The summed E-state index contributed by atoms with van der Waals surface area (Å²) < 4.78 is 0. The van der Waals surface area contributed by atoms with Crippen molar-refractivity contribution in [2.24, 2.45) is 17.4 Å². The van der Waals surface area contributed by atoms with Crippen LogP contribution in [0.25, 0.3) is 10.9 Å². The van der Waals surface area contributed by atoms with E-state index in [2.05, 4.69) is 4.98 Å². The topological polar surface area (TPSA) is 102 Å². The summed E-state index contributed by atoms with van der Waals surface area (Å²) in [6.07, 6.45) is 3.51.